The second-order valence-corrected chi connectivity index (χ2v) is 6.44. The molecule has 0 bridgehead atoms. The maximum Gasteiger partial charge on any atom is 0.254 e. The summed E-state index contributed by atoms with van der Waals surface area (Å²) in [5, 5.41) is 0.751. The minimum atomic E-state index is 0.0765. The maximum atomic E-state index is 12.7. The number of morpholine rings is 1. The van der Waals surface area contributed by atoms with Crippen molar-refractivity contribution in [2.24, 2.45) is 0 Å². The van der Waals surface area contributed by atoms with Crippen LogP contribution in [0.1, 0.15) is 22.8 Å². The Labute approximate surface area is 130 Å². The SMILES string of the molecule is Cc1ccc(Br)cc1C(=O)N1CC(CBr)OCC1C. The minimum Gasteiger partial charge on any atom is -0.373 e. The fourth-order valence-corrected chi connectivity index (χ4v) is 2.93. The number of benzene rings is 1. The summed E-state index contributed by atoms with van der Waals surface area (Å²) < 4.78 is 6.59. The molecule has 1 amide bonds. The van der Waals surface area contributed by atoms with Gasteiger partial charge in [0.15, 0.2) is 0 Å². The molecule has 0 aromatic heterocycles. The first kappa shape index (κ1) is 15.0. The van der Waals surface area contributed by atoms with Gasteiger partial charge in [-0.2, -0.15) is 0 Å². The number of rotatable bonds is 2. The van der Waals surface area contributed by atoms with Crippen LogP contribution in [-0.2, 0) is 4.74 Å². The Morgan fingerprint density at radius 2 is 2.26 bits per heavy atom. The highest BCUT2D eigenvalue weighted by Gasteiger charge is 2.30. The van der Waals surface area contributed by atoms with E-state index in [4.69, 9.17) is 4.74 Å². The van der Waals surface area contributed by atoms with E-state index in [1.807, 2.05) is 36.9 Å². The molecular weight excluding hydrogens is 374 g/mol. The first-order chi connectivity index (χ1) is 9.02. The zero-order valence-corrected chi connectivity index (χ0v) is 14.2. The van der Waals surface area contributed by atoms with Crippen molar-refractivity contribution in [2.45, 2.75) is 26.0 Å². The van der Waals surface area contributed by atoms with Gasteiger partial charge in [-0.3, -0.25) is 4.79 Å². The van der Waals surface area contributed by atoms with Gasteiger partial charge in [-0.1, -0.05) is 37.9 Å². The van der Waals surface area contributed by atoms with Crippen LogP contribution < -0.4 is 0 Å². The molecule has 1 aromatic rings. The van der Waals surface area contributed by atoms with Gasteiger partial charge >= 0.3 is 0 Å². The van der Waals surface area contributed by atoms with Crippen LogP contribution in [0.2, 0.25) is 0 Å². The standard InChI is InChI=1S/C14H17Br2NO2/c1-9-3-4-11(16)5-13(9)14(18)17-7-12(6-15)19-8-10(17)2/h3-5,10,12H,6-8H2,1-2H3. The molecule has 1 aliphatic rings. The summed E-state index contributed by atoms with van der Waals surface area (Å²) in [4.78, 5) is 14.6. The van der Waals surface area contributed by atoms with Crippen LogP contribution in [0.15, 0.2) is 22.7 Å². The monoisotopic (exact) mass is 389 g/mol. The predicted octanol–water partition coefficient (Wildman–Crippen LogP) is 3.38. The highest BCUT2D eigenvalue weighted by Crippen LogP contribution is 2.21. The number of nitrogens with zero attached hydrogens (tertiary/aromatic N) is 1. The summed E-state index contributed by atoms with van der Waals surface area (Å²) in [5.74, 6) is 0.0838. The van der Waals surface area contributed by atoms with E-state index in [-0.39, 0.29) is 18.1 Å². The molecule has 2 atom stereocenters. The third-order valence-corrected chi connectivity index (χ3v) is 4.58. The number of carbonyl (C=O) groups excluding carboxylic acids is 1. The molecule has 1 aliphatic heterocycles. The molecule has 3 nitrogen and oxygen atoms in total. The van der Waals surface area contributed by atoms with Gasteiger partial charge in [0.25, 0.3) is 5.91 Å². The third kappa shape index (κ3) is 3.38. The van der Waals surface area contributed by atoms with Crippen molar-refractivity contribution in [3.63, 3.8) is 0 Å². The lowest BCUT2D eigenvalue weighted by Gasteiger charge is -2.37. The maximum absolute atomic E-state index is 12.7. The lowest BCUT2D eigenvalue weighted by atomic mass is 10.1. The highest BCUT2D eigenvalue weighted by molar-refractivity contribution is 9.10. The van der Waals surface area contributed by atoms with Crippen molar-refractivity contribution >= 4 is 37.8 Å². The lowest BCUT2D eigenvalue weighted by molar-refractivity contribution is -0.0361. The van der Waals surface area contributed by atoms with Gasteiger partial charge in [0.2, 0.25) is 0 Å². The molecule has 2 unspecified atom stereocenters. The van der Waals surface area contributed by atoms with Crippen LogP contribution in [0.5, 0.6) is 0 Å². The molecular formula is C14H17Br2NO2. The van der Waals surface area contributed by atoms with E-state index in [1.54, 1.807) is 0 Å². The van der Waals surface area contributed by atoms with Crippen molar-refractivity contribution in [2.75, 3.05) is 18.5 Å². The number of carbonyl (C=O) groups is 1. The quantitative estimate of drug-likeness (QED) is 0.724. The Balaban J connectivity index is 2.24. The predicted molar refractivity (Wildman–Crippen MR) is 82.9 cm³/mol. The van der Waals surface area contributed by atoms with E-state index in [2.05, 4.69) is 31.9 Å². The van der Waals surface area contributed by atoms with Gasteiger partial charge in [0.05, 0.1) is 18.8 Å². The molecule has 2 rings (SSSR count). The summed E-state index contributed by atoms with van der Waals surface area (Å²) in [5.41, 5.74) is 1.76. The van der Waals surface area contributed by atoms with Crippen LogP contribution in [0.4, 0.5) is 0 Å². The summed E-state index contributed by atoms with van der Waals surface area (Å²) in [6.45, 7) is 5.22. The van der Waals surface area contributed by atoms with Crippen molar-refractivity contribution in [1.82, 2.24) is 4.90 Å². The lowest BCUT2D eigenvalue weighted by Crippen LogP contribution is -2.51. The molecule has 104 valence electrons. The second-order valence-electron chi connectivity index (χ2n) is 4.88. The fraction of sp³-hybridized carbons (Fsp3) is 0.500. The molecule has 1 aromatic carbocycles. The van der Waals surface area contributed by atoms with Crippen LogP contribution in [-0.4, -0.2) is 41.4 Å². The third-order valence-electron chi connectivity index (χ3n) is 3.37. The molecule has 5 heteroatoms. The van der Waals surface area contributed by atoms with Gasteiger partial charge in [0.1, 0.15) is 0 Å². The Morgan fingerprint density at radius 1 is 1.53 bits per heavy atom. The van der Waals surface area contributed by atoms with Crippen molar-refractivity contribution in [3.05, 3.63) is 33.8 Å². The first-order valence-electron chi connectivity index (χ1n) is 6.27. The van der Waals surface area contributed by atoms with Crippen molar-refractivity contribution in [3.8, 4) is 0 Å². The zero-order valence-electron chi connectivity index (χ0n) is 11.0. The van der Waals surface area contributed by atoms with E-state index in [9.17, 15) is 4.79 Å². The van der Waals surface area contributed by atoms with Crippen LogP contribution >= 0.6 is 31.9 Å². The van der Waals surface area contributed by atoms with Gasteiger partial charge in [-0.05, 0) is 31.5 Å². The van der Waals surface area contributed by atoms with Crippen LogP contribution in [0.3, 0.4) is 0 Å². The molecule has 0 aliphatic carbocycles. The normalized spacial score (nSPS) is 23.5. The number of alkyl halides is 1. The molecule has 1 saturated heterocycles. The first-order valence-corrected chi connectivity index (χ1v) is 8.19. The van der Waals surface area contributed by atoms with Gasteiger partial charge in [-0.25, -0.2) is 0 Å². The van der Waals surface area contributed by atoms with Crippen LogP contribution in [0.25, 0.3) is 0 Å². The Bertz CT molecular complexity index is 479. The summed E-state index contributed by atoms with van der Waals surface area (Å²) in [6.07, 6.45) is 0.0765. The van der Waals surface area contributed by atoms with Gasteiger partial charge < -0.3 is 9.64 Å². The van der Waals surface area contributed by atoms with E-state index in [0.717, 1.165) is 20.9 Å². The summed E-state index contributed by atoms with van der Waals surface area (Å²) >= 11 is 6.85. The fourth-order valence-electron chi connectivity index (χ4n) is 2.17. The smallest absolute Gasteiger partial charge is 0.254 e. The minimum absolute atomic E-state index is 0.0765. The molecule has 19 heavy (non-hydrogen) atoms. The molecule has 1 heterocycles. The van der Waals surface area contributed by atoms with Crippen LogP contribution in [0, 0.1) is 6.92 Å². The second kappa shape index (κ2) is 6.37. The van der Waals surface area contributed by atoms with E-state index in [0.29, 0.717) is 13.2 Å². The highest BCUT2D eigenvalue weighted by atomic mass is 79.9. The average Bonchev–Trinajstić information content (AvgIpc) is 2.41. The largest absolute Gasteiger partial charge is 0.373 e. The van der Waals surface area contributed by atoms with Crippen molar-refractivity contribution in [1.29, 1.82) is 0 Å². The molecule has 0 spiro atoms. The van der Waals surface area contributed by atoms with Gasteiger partial charge in [0, 0.05) is 21.9 Å². The Morgan fingerprint density at radius 3 is 2.95 bits per heavy atom. The van der Waals surface area contributed by atoms with E-state index < -0.39 is 0 Å². The van der Waals surface area contributed by atoms with Gasteiger partial charge in [-0.15, -0.1) is 0 Å². The average molecular weight is 391 g/mol. The molecule has 0 radical (unpaired) electrons. The van der Waals surface area contributed by atoms with E-state index in [1.165, 1.54) is 0 Å². The number of halogens is 2. The van der Waals surface area contributed by atoms with Crippen molar-refractivity contribution < 1.29 is 9.53 Å². The molecule has 0 N–H and O–H groups in total. The molecule has 0 saturated carbocycles. The number of hydrogen-bond donors (Lipinski definition) is 0. The number of aryl methyl sites for hydroxylation is 1. The number of amides is 1. The zero-order chi connectivity index (χ0) is 14.0. The summed E-state index contributed by atoms with van der Waals surface area (Å²) in [7, 11) is 0. The Kier molecular flexibility index (Phi) is 5.03. The molecule has 1 fully saturated rings. The summed E-state index contributed by atoms with van der Waals surface area (Å²) in [6, 6.07) is 5.92. The van der Waals surface area contributed by atoms with E-state index >= 15 is 0 Å². The number of ether oxygens (including phenoxy) is 1. The number of hydrogen-bond acceptors (Lipinski definition) is 2. The topological polar surface area (TPSA) is 29.5 Å². The Hall–Kier alpha value is -0.390.